The topological polar surface area (TPSA) is 30.9 Å². The van der Waals surface area contributed by atoms with Gasteiger partial charge in [-0.3, -0.25) is 0 Å². The number of amidine groups is 1. The summed E-state index contributed by atoms with van der Waals surface area (Å²) in [5.74, 6) is 1.03. The highest BCUT2D eigenvalue weighted by Crippen LogP contribution is 2.36. The molecule has 2 aliphatic heterocycles. The number of para-hydroxylation sites is 1. The second kappa shape index (κ2) is 5.87. The molecule has 23 heavy (non-hydrogen) atoms. The second-order valence-electron chi connectivity index (χ2n) is 6.06. The molecule has 0 saturated carbocycles. The number of nitrogens with one attached hydrogen (secondary N) is 1. The number of aliphatic imine (C=N–C) groups is 1. The highest BCUT2D eigenvalue weighted by Gasteiger charge is 2.23. The van der Waals surface area contributed by atoms with Gasteiger partial charge in [-0.15, -0.1) is 0 Å². The minimum absolute atomic E-state index is 0.706. The maximum atomic E-state index is 6.18. The Kier molecular flexibility index (Phi) is 3.71. The van der Waals surface area contributed by atoms with Crippen LogP contribution in [0.1, 0.15) is 5.56 Å². The Hall–Kier alpha value is -2.04. The lowest BCUT2D eigenvalue weighted by molar-refractivity contribution is 0.216. The number of anilines is 2. The number of rotatable bonds is 0. The molecule has 2 aromatic rings. The zero-order valence-corrected chi connectivity index (χ0v) is 13.8. The molecule has 0 aliphatic carbocycles. The molecule has 0 atom stereocenters. The quantitative estimate of drug-likeness (QED) is 0.799. The molecule has 2 aromatic carbocycles. The summed E-state index contributed by atoms with van der Waals surface area (Å²) < 4.78 is 0. The fourth-order valence-electron chi connectivity index (χ4n) is 3.07. The first kappa shape index (κ1) is 14.5. The van der Waals surface area contributed by atoms with E-state index >= 15 is 0 Å². The molecule has 0 amide bonds. The number of fused-ring (bicyclic) bond motifs is 2. The van der Waals surface area contributed by atoms with Crippen molar-refractivity contribution in [3.8, 4) is 0 Å². The van der Waals surface area contributed by atoms with Gasteiger partial charge in [0, 0.05) is 42.5 Å². The van der Waals surface area contributed by atoms with E-state index in [4.69, 9.17) is 16.6 Å². The van der Waals surface area contributed by atoms with E-state index in [1.165, 1.54) is 0 Å². The largest absolute Gasteiger partial charge is 0.353 e. The van der Waals surface area contributed by atoms with Crippen molar-refractivity contribution in [3.05, 3.63) is 53.1 Å². The summed E-state index contributed by atoms with van der Waals surface area (Å²) in [6, 6.07) is 14.2. The van der Waals surface area contributed by atoms with Crippen molar-refractivity contribution in [2.75, 3.05) is 38.5 Å². The van der Waals surface area contributed by atoms with E-state index < -0.39 is 0 Å². The number of piperazine rings is 1. The zero-order chi connectivity index (χ0) is 15.8. The van der Waals surface area contributed by atoms with Gasteiger partial charge in [0.05, 0.1) is 11.4 Å². The third-order valence-electron chi connectivity index (χ3n) is 4.43. The van der Waals surface area contributed by atoms with Crippen LogP contribution in [0.25, 0.3) is 0 Å². The fraction of sp³-hybridized carbons (Fsp3) is 0.278. The van der Waals surface area contributed by atoms with Crippen LogP contribution in [-0.2, 0) is 0 Å². The first-order valence-corrected chi connectivity index (χ1v) is 8.27. The Balaban J connectivity index is 1.83. The molecule has 1 saturated heterocycles. The van der Waals surface area contributed by atoms with Gasteiger partial charge < -0.3 is 15.1 Å². The lowest BCUT2D eigenvalue weighted by atomic mass is 10.2. The maximum absolute atomic E-state index is 6.18. The van der Waals surface area contributed by atoms with E-state index in [2.05, 4.69) is 40.4 Å². The summed E-state index contributed by atoms with van der Waals surface area (Å²) in [6.07, 6.45) is 0. The summed E-state index contributed by atoms with van der Waals surface area (Å²) in [6.45, 7) is 4.08. The minimum atomic E-state index is 0.706. The average Bonchev–Trinajstić information content (AvgIpc) is 2.72. The van der Waals surface area contributed by atoms with Crippen LogP contribution in [0.2, 0.25) is 5.02 Å². The number of nitrogens with zero attached hydrogens (tertiary/aromatic N) is 3. The molecule has 4 rings (SSSR count). The fourth-order valence-corrected chi connectivity index (χ4v) is 3.24. The van der Waals surface area contributed by atoms with Gasteiger partial charge in [-0.2, -0.15) is 0 Å². The van der Waals surface area contributed by atoms with Crippen molar-refractivity contribution in [3.63, 3.8) is 0 Å². The number of hydrogen-bond donors (Lipinski definition) is 1. The maximum Gasteiger partial charge on any atom is 0.138 e. The summed E-state index contributed by atoms with van der Waals surface area (Å²) in [4.78, 5) is 9.69. The molecule has 2 heterocycles. The summed E-state index contributed by atoms with van der Waals surface area (Å²) in [5.41, 5.74) is 4.12. The van der Waals surface area contributed by atoms with Crippen LogP contribution in [0.3, 0.4) is 0 Å². The Morgan fingerprint density at radius 2 is 1.83 bits per heavy atom. The van der Waals surface area contributed by atoms with Gasteiger partial charge in [-0.05, 0) is 37.4 Å². The predicted octanol–water partition coefficient (Wildman–Crippen LogP) is 3.72. The Morgan fingerprint density at radius 3 is 2.65 bits per heavy atom. The van der Waals surface area contributed by atoms with Crippen molar-refractivity contribution in [2.24, 2.45) is 4.99 Å². The highest BCUT2D eigenvalue weighted by molar-refractivity contribution is 6.31. The third-order valence-corrected chi connectivity index (χ3v) is 4.66. The van der Waals surface area contributed by atoms with Gasteiger partial charge in [-0.25, -0.2) is 4.99 Å². The summed E-state index contributed by atoms with van der Waals surface area (Å²) >= 11 is 6.18. The van der Waals surface area contributed by atoms with Gasteiger partial charge >= 0.3 is 0 Å². The molecule has 0 unspecified atom stereocenters. The molecular formula is C18H19ClN4. The molecule has 4 nitrogen and oxygen atoms in total. The van der Waals surface area contributed by atoms with Crippen LogP contribution in [0, 0.1) is 0 Å². The number of halogens is 1. The van der Waals surface area contributed by atoms with E-state index in [0.29, 0.717) is 5.02 Å². The third kappa shape index (κ3) is 2.80. The van der Waals surface area contributed by atoms with E-state index in [9.17, 15) is 0 Å². The van der Waals surface area contributed by atoms with Gasteiger partial charge in [-0.1, -0.05) is 23.7 Å². The lowest BCUT2D eigenvalue weighted by Crippen LogP contribution is -2.47. The van der Waals surface area contributed by atoms with Crippen LogP contribution >= 0.6 is 11.6 Å². The number of likely N-dealkylation sites (N-methyl/N-ethyl adjacent to an activating group) is 1. The molecule has 5 heteroatoms. The zero-order valence-electron chi connectivity index (χ0n) is 13.1. The Labute approximate surface area is 141 Å². The van der Waals surface area contributed by atoms with E-state index in [1.807, 2.05) is 24.3 Å². The standard InChI is InChI=1S/C18H19ClN4/c1-22-8-10-23(11-9-22)18-14-4-2-3-5-15(14)20-16-7-6-13(19)12-17(16)21-18/h2-7,12,20H,8-11H2,1H3/i18+2. The van der Waals surface area contributed by atoms with Crippen LogP contribution in [-0.4, -0.2) is 48.9 Å². The lowest BCUT2D eigenvalue weighted by Gasteiger charge is -2.34. The van der Waals surface area contributed by atoms with Crippen molar-refractivity contribution in [1.82, 2.24) is 9.80 Å². The molecule has 118 valence electrons. The number of hydrogen-bond acceptors (Lipinski definition) is 4. The molecular weight excluding hydrogens is 310 g/mol. The molecule has 0 radical (unpaired) electrons. The summed E-state index contributed by atoms with van der Waals surface area (Å²) in [7, 11) is 2.16. The minimum Gasteiger partial charge on any atom is -0.353 e. The Bertz CT molecular complexity index is 763. The second-order valence-corrected chi connectivity index (χ2v) is 6.49. The van der Waals surface area contributed by atoms with Crippen molar-refractivity contribution < 1.29 is 0 Å². The van der Waals surface area contributed by atoms with Gasteiger partial charge in [0.15, 0.2) is 0 Å². The first-order valence-electron chi connectivity index (χ1n) is 7.89. The van der Waals surface area contributed by atoms with Crippen molar-refractivity contribution in [1.29, 1.82) is 0 Å². The molecule has 1 N–H and O–H groups in total. The van der Waals surface area contributed by atoms with Crippen LogP contribution in [0.4, 0.5) is 17.1 Å². The van der Waals surface area contributed by atoms with E-state index in [0.717, 1.165) is 54.6 Å². The molecule has 2 aliphatic rings. The van der Waals surface area contributed by atoms with Gasteiger partial charge in [0.2, 0.25) is 0 Å². The highest BCUT2D eigenvalue weighted by atomic mass is 35.5. The smallest absolute Gasteiger partial charge is 0.138 e. The predicted molar refractivity (Wildman–Crippen MR) is 96.4 cm³/mol. The SMILES string of the molecule is CN1CCN([14C]2=Nc3cc(Cl)ccc3Nc3ccccc32)CC1. The van der Waals surface area contributed by atoms with Gasteiger partial charge in [0.1, 0.15) is 5.84 Å². The van der Waals surface area contributed by atoms with Crippen molar-refractivity contribution in [2.45, 2.75) is 0 Å². The van der Waals surface area contributed by atoms with Crippen LogP contribution in [0.15, 0.2) is 47.5 Å². The van der Waals surface area contributed by atoms with Crippen LogP contribution < -0.4 is 5.32 Å². The molecule has 1 fully saturated rings. The normalized spacial score (nSPS) is 17.7. The molecule has 0 aromatic heterocycles. The monoisotopic (exact) mass is 328 g/mol. The molecule has 0 spiro atoms. The van der Waals surface area contributed by atoms with Crippen LogP contribution in [0.5, 0.6) is 0 Å². The average molecular weight is 329 g/mol. The molecule has 0 bridgehead atoms. The van der Waals surface area contributed by atoms with Crippen molar-refractivity contribution >= 4 is 34.5 Å². The number of benzene rings is 2. The van der Waals surface area contributed by atoms with E-state index in [-0.39, 0.29) is 0 Å². The Morgan fingerprint density at radius 1 is 1.04 bits per heavy atom. The van der Waals surface area contributed by atoms with E-state index in [1.54, 1.807) is 0 Å². The first-order chi connectivity index (χ1) is 11.2. The summed E-state index contributed by atoms with van der Waals surface area (Å²) in [5, 5.41) is 4.20. The van der Waals surface area contributed by atoms with Gasteiger partial charge in [0.25, 0.3) is 0 Å².